The van der Waals surface area contributed by atoms with E-state index in [0.717, 1.165) is 47.9 Å². The lowest BCUT2D eigenvalue weighted by molar-refractivity contribution is -0.0366. The number of likely N-dealkylation sites (tertiary alicyclic amines) is 1. The number of ether oxygens (including phenoxy) is 2. The Morgan fingerprint density at radius 2 is 2.07 bits per heavy atom. The molecule has 3 unspecified atom stereocenters. The second kappa shape index (κ2) is 7.61. The van der Waals surface area contributed by atoms with E-state index in [1.807, 2.05) is 38.6 Å². The summed E-state index contributed by atoms with van der Waals surface area (Å²) in [5.41, 5.74) is 2.60. The molecule has 2 aromatic rings. The fourth-order valence-corrected chi connectivity index (χ4v) is 4.34. The number of hydrogen-bond acceptors (Lipinski definition) is 5. The minimum absolute atomic E-state index is 0.0384. The molecule has 0 bridgehead atoms. The van der Waals surface area contributed by atoms with E-state index in [-0.39, 0.29) is 24.8 Å². The molecule has 2 fully saturated rings. The maximum absolute atomic E-state index is 12.5. The van der Waals surface area contributed by atoms with Gasteiger partial charge in [-0.1, -0.05) is 0 Å². The summed E-state index contributed by atoms with van der Waals surface area (Å²) in [6.07, 6.45) is 4.02. The van der Waals surface area contributed by atoms with Crippen molar-refractivity contribution in [3.8, 4) is 0 Å². The fourth-order valence-electron chi connectivity index (χ4n) is 4.34. The minimum Gasteiger partial charge on any atom is -0.444 e. The van der Waals surface area contributed by atoms with Crippen LogP contribution in [-0.4, -0.2) is 57.3 Å². The van der Waals surface area contributed by atoms with Gasteiger partial charge in [0.2, 0.25) is 0 Å². The summed E-state index contributed by atoms with van der Waals surface area (Å²) in [5.74, 6) is -0.150. The van der Waals surface area contributed by atoms with Crippen molar-refractivity contribution in [1.29, 1.82) is 0 Å². The van der Waals surface area contributed by atoms with Gasteiger partial charge in [-0.05, 0) is 70.2 Å². The standard InChI is InChI=1S/C22H31N3O4/c1-14-9-15-11-23-25(20-7-5-6-8-28-20)18(15)10-16(14)17-12-24(13-19(17)26)21(27)29-22(2,3)4/h9-11,17,19-20,26H,5-8,12-13H2,1-4H3. The lowest BCUT2D eigenvalue weighted by atomic mass is 9.91. The van der Waals surface area contributed by atoms with Crippen molar-refractivity contribution in [2.75, 3.05) is 19.7 Å². The van der Waals surface area contributed by atoms with Gasteiger partial charge in [0.15, 0.2) is 6.23 Å². The van der Waals surface area contributed by atoms with Crippen LogP contribution < -0.4 is 0 Å². The molecule has 3 heterocycles. The summed E-state index contributed by atoms with van der Waals surface area (Å²) in [6, 6.07) is 4.22. The van der Waals surface area contributed by atoms with Crippen LogP contribution in [0.15, 0.2) is 18.3 Å². The fraction of sp³-hybridized carbons (Fsp3) is 0.636. The summed E-state index contributed by atoms with van der Waals surface area (Å²) in [7, 11) is 0. The van der Waals surface area contributed by atoms with E-state index in [1.54, 1.807) is 4.90 Å². The second-order valence-electron chi connectivity index (χ2n) is 9.24. The molecular weight excluding hydrogens is 370 g/mol. The monoisotopic (exact) mass is 401 g/mol. The summed E-state index contributed by atoms with van der Waals surface area (Å²) in [5, 5.41) is 16.4. The Morgan fingerprint density at radius 3 is 2.76 bits per heavy atom. The minimum atomic E-state index is -0.624. The number of carbonyl (C=O) groups excluding carboxylic acids is 1. The molecule has 7 nitrogen and oxygen atoms in total. The second-order valence-corrected chi connectivity index (χ2v) is 9.24. The van der Waals surface area contributed by atoms with Crippen molar-refractivity contribution in [1.82, 2.24) is 14.7 Å². The zero-order valence-electron chi connectivity index (χ0n) is 17.7. The topological polar surface area (TPSA) is 76.8 Å². The molecule has 0 spiro atoms. The highest BCUT2D eigenvalue weighted by molar-refractivity contribution is 5.81. The van der Waals surface area contributed by atoms with Crippen molar-refractivity contribution < 1.29 is 19.4 Å². The van der Waals surface area contributed by atoms with Gasteiger partial charge in [-0.3, -0.25) is 0 Å². The van der Waals surface area contributed by atoms with Crippen molar-refractivity contribution >= 4 is 17.0 Å². The number of hydrogen-bond donors (Lipinski definition) is 1. The summed E-state index contributed by atoms with van der Waals surface area (Å²) in [4.78, 5) is 14.1. The number of nitrogens with zero attached hydrogens (tertiary/aromatic N) is 3. The van der Waals surface area contributed by atoms with E-state index >= 15 is 0 Å². The van der Waals surface area contributed by atoms with Gasteiger partial charge in [-0.2, -0.15) is 5.10 Å². The quantitative estimate of drug-likeness (QED) is 0.830. The van der Waals surface area contributed by atoms with E-state index in [0.29, 0.717) is 6.54 Å². The van der Waals surface area contributed by atoms with Gasteiger partial charge in [0.25, 0.3) is 0 Å². The third kappa shape index (κ3) is 4.12. The van der Waals surface area contributed by atoms with Crippen molar-refractivity contribution in [2.45, 2.75) is 70.8 Å². The summed E-state index contributed by atoms with van der Waals surface area (Å²) >= 11 is 0. The molecule has 1 N–H and O–H groups in total. The van der Waals surface area contributed by atoms with Crippen LogP contribution in [0.5, 0.6) is 0 Å². The highest BCUT2D eigenvalue weighted by atomic mass is 16.6. The Kier molecular flexibility index (Phi) is 5.29. The van der Waals surface area contributed by atoms with Gasteiger partial charge in [0.1, 0.15) is 5.60 Å². The van der Waals surface area contributed by atoms with Crippen LogP contribution in [-0.2, 0) is 9.47 Å². The van der Waals surface area contributed by atoms with Crippen molar-refractivity contribution in [3.05, 3.63) is 29.5 Å². The van der Waals surface area contributed by atoms with Crippen LogP contribution in [0.4, 0.5) is 4.79 Å². The average Bonchev–Trinajstić information content (AvgIpc) is 3.23. The number of aromatic nitrogens is 2. The van der Waals surface area contributed by atoms with Crippen LogP contribution in [0.25, 0.3) is 10.9 Å². The van der Waals surface area contributed by atoms with Crippen LogP contribution >= 0.6 is 0 Å². The highest BCUT2D eigenvalue weighted by Crippen LogP contribution is 2.34. The zero-order valence-corrected chi connectivity index (χ0v) is 17.7. The number of aliphatic hydroxyl groups is 1. The van der Waals surface area contributed by atoms with Gasteiger partial charge in [0.05, 0.1) is 24.4 Å². The lowest BCUT2D eigenvalue weighted by Crippen LogP contribution is -2.35. The molecule has 2 aliphatic heterocycles. The van der Waals surface area contributed by atoms with Gasteiger partial charge in [0, 0.05) is 24.5 Å². The Bertz CT molecular complexity index is 895. The summed E-state index contributed by atoms with van der Waals surface area (Å²) in [6.45, 7) is 9.08. The van der Waals surface area contributed by atoms with E-state index in [1.165, 1.54) is 0 Å². The molecule has 0 radical (unpaired) electrons. The molecule has 1 amide bonds. The number of amides is 1. The molecule has 3 atom stereocenters. The molecule has 0 saturated carbocycles. The number of β-amino-alcohol motifs (C(OH)–C–C–N with tert-alkyl or cyclic N) is 1. The largest absolute Gasteiger partial charge is 0.444 e. The number of rotatable bonds is 2. The first kappa shape index (κ1) is 20.2. The number of fused-ring (bicyclic) bond motifs is 1. The third-order valence-corrected chi connectivity index (χ3v) is 5.75. The number of carbonyl (C=O) groups is 1. The summed E-state index contributed by atoms with van der Waals surface area (Å²) < 4.78 is 13.4. The smallest absolute Gasteiger partial charge is 0.410 e. The number of benzene rings is 1. The maximum Gasteiger partial charge on any atom is 0.410 e. The predicted octanol–water partition coefficient (Wildman–Crippen LogP) is 3.74. The highest BCUT2D eigenvalue weighted by Gasteiger charge is 2.38. The Balaban J connectivity index is 1.61. The molecule has 2 aliphatic rings. The molecule has 2 saturated heterocycles. The van der Waals surface area contributed by atoms with E-state index in [2.05, 4.69) is 17.2 Å². The normalized spacial score (nSPS) is 25.6. The van der Waals surface area contributed by atoms with Crippen LogP contribution in [0, 0.1) is 6.92 Å². The Morgan fingerprint density at radius 1 is 1.28 bits per heavy atom. The van der Waals surface area contributed by atoms with Crippen LogP contribution in [0.1, 0.15) is 63.3 Å². The van der Waals surface area contributed by atoms with Crippen LogP contribution in [0.3, 0.4) is 0 Å². The molecule has 1 aromatic carbocycles. The maximum atomic E-state index is 12.5. The molecule has 158 valence electrons. The predicted molar refractivity (Wildman–Crippen MR) is 110 cm³/mol. The van der Waals surface area contributed by atoms with Gasteiger partial charge in [-0.25, -0.2) is 9.48 Å². The van der Waals surface area contributed by atoms with E-state index in [4.69, 9.17) is 9.47 Å². The molecule has 7 heteroatoms. The number of aliphatic hydroxyl groups excluding tert-OH is 1. The average molecular weight is 402 g/mol. The lowest BCUT2D eigenvalue weighted by Gasteiger charge is -2.25. The van der Waals surface area contributed by atoms with E-state index < -0.39 is 11.7 Å². The van der Waals surface area contributed by atoms with Crippen molar-refractivity contribution in [3.63, 3.8) is 0 Å². The van der Waals surface area contributed by atoms with Gasteiger partial charge >= 0.3 is 6.09 Å². The first-order valence-electron chi connectivity index (χ1n) is 10.5. The SMILES string of the molecule is Cc1cc2cnn(C3CCCCO3)c2cc1C1CN(C(=O)OC(C)(C)C)CC1O. The molecule has 4 rings (SSSR count). The van der Waals surface area contributed by atoms with Crippen molar-refractivity contribution in [2.24, 2.45) is 0 Å². The molecular formula is C22H31N3O4. The van der Waals surface area contributed by atoms with E-state index in [9.17, 15) is 9.90 Å². The zero-order chi connectivity index (χ0) is 20.8. The molecule has 0 aliphatic carbocycles. The Labute approximate surface area is 171 Å². The van der Waals surface area contributed by atoms with Gasteiger partial charge in [-0.15, -0.1) is 0 Å². The van der Waals surface area contributed by atoms with Gasteiger partial charge < -0.3 is 19.5 Å². The molecule has 1 aromatic heterocycles. The first-order valence-corrected chi connectivity index (χ1v) is 10.5. The number of aryl methyl sites for hydroxylation is 1. The third-order valence-electron chi connectivity index (χ3n) is 5.75. The first-order chi connectivity index (χ1) is 13.7. The van der Waals surface area contributed by atoms with Crippen LogP contribution in [0.2, 0.25) is 0 Å². The molecule has 29 heavy (non-hydrogen) atoms. The Hall–Kier alpha value is -2.12.